The predicted molar refractivity (Wildman–Crippen MR) is 144 cm³/mol. The van der Waals surface area contributed by atoms with Gasteiger partial charge in [0.1, 0.15) is 24.2 Å². The Bertz CT molecular complexity index is 966. The summed E-state index contributed by atoms with van der Waals surface area (Å²) in [5.41, 5.74) is 1.83. The molecule has 2 rings (SSSR count). The highest BCUT2D eigenvalue weighted by atomic mass is 16.6. The van der Waals surface area contributed by atoms with Crippen LogP contribution in [0.3, 0.4) is 0 Å². The third-order valence-corrected chi connectivity index (χ3v) is 6.29. The minimum Gasteiger partial charge on any atom is -0.444 e. The fourth-order valence-corrected chi connectivity index (χ4v) is 4.88. The van der Waals surface area contributed by atoms with Crippen LogP contribution in [0.1, 0.15) is 95.9 Å². The predicted octanol–water partition coefficient (Wildman–Crippen LogP) is 5.09. The van der Waals surface area contributed by atoms with Crippen molar-refractivity contribution >= 4 is 17.9 Å². The lowest BCUT2D eigenvalue weighted by Crippen LogP contribution is -2.54. The molecule has 0 aromatic heterocycles. The van der Waals surface area contributed by atoms with Gasteiger partial charge in [0.05, 0.1) is 6.07 Å². The van der Waals surface area contributed by atoms with Crippen LogP contribution in [0.5, 0.6) is 0 Å². The Morgan fingerprint density at radius 3 is 2.19 bits per heavy atom. The zero-order valence-corrected chi connectivity index (χ0v) is 23.5. The van der Waals surface area contributed by atoms with E-state index < -0.39 is 29.7 Å². The van der Waals surface area contributed by atoms with E-state index in [0.29, 0.717) is 12.0 Å². The normalized spacial score (nSPS) is 15.9. The molecule has 3 amide bonds. The Labute approximate surface area is 222 Å². The van der Waals surface area contributed by atoms with Crippen molar-refractivity contribution in [1.82, 2.24) is 15.5 Å². The van der Waals surface area contributed by atoms with Crippen molar-refractivity contribution in [2.45, 2.75) is 111 Å². The highest BCUT2D eigenvalue weighted by Crippen LogP contribution is 2.27. The number of rotatable bonds is 9. The highest BCUT2D eigenvalue weighted by Gasteiger charge is 2.37. The number of alkyl carbamates (subject to hydrolysis) is 1. The van der Waals surface area contributed by atoms with Gasteiger partial charge in [-0.25, -0.2) is 4.79 Å². The summed E-state index contributed by atoms with van der Waals surface area (Å²) in [6.45, 7) is 12.7. The van der Waals surface area contributed by atoms with E-state index in [9.17, 15) is 19.6 Å². The van der Waals surface area contributed by atoms with Gasteiger partial charge in [-0.15, -0.1) is 0 Å². The molecule has 0 saturated heterocycles. The van der Waals surface area contributed by atoms with Crippen molar-refractivity contribution in [1.29, 1.82) is 5.26 Å². The fraction of sp³-hybridized carbons (Fsp3) is 0.655. The van der Waals surface area contributed by atoms with Crippen LogP contribution in [0.15, 0.2) is 18.2 Å². The third kappa shape index (κ3) is 9.71. The molecule has 0 spiro atoms. The Balaban J connectivity index is 2.47. The summed E-state index contributed by atoms with van der Waals surface area (Å²) in [7, 11) is 0. The largest absolute Gasteiger partial charge is 0.444 e. The molecular weight excluding hydrogens is 468 g/mol. The van der Waals surface area contributed by atoms with Gasteiger partial charge in [-0.05, 0) is 65.4 Å². The molecule has 0 bridgehead atoms. The monoisotopic (exact) mass is 512 g/mol. The number of hydrogen-bond acceptors (Lipinski definition) is 5. The summed E-state index contributed by atoms with van der Waals surface area (Å²) in [4.78, 5) is 41.7. The van der Waals surface area contributed by atoms with Gasteiger partial charge in [0.2, 0.25) is 11.8 Å². The second kappa shape index (κ2) is 13.5. The fourth-order valence-electron chi connectivity index (χ4n) is 4.88. The average molecular weight is 513 g/mol. The molecule has 1 fully saturated rings. The molecule has 1 aromatic carbocycles. The molecule has 0 radical (unpaired) electrons. The standard InChI is InChI=1S/C29H44N4O4/c1-19(2)15-24(32-28(36)37-29(5,6)7)27(35)33(14-13-30)25(22-17-20(3)16-21(4)18-22)26(34)31-23-11-9-8-10-12-23/h16-19,23-25H,8-12,14-15H2,1-7H3,(H,31,34)(H,32,36). The molecule has 0 aliphatic heterocycles. The second-order valence-corrected chi connectivity index (χ2v) is 11.6. The van der Waals surface area contributed by atoms with Crippen LogP contribution in [0, 0.1) is 31.1 Å². The first-order chi connectivity index (χ1) is 17.3. The Hall–Kier alpha value is -3.08. The van der Waals surface area contributed by atoms with Gasteiger partial charge in [-0.3, -0.25) is 9.59 Å². The third-order valence-electron chi connectivity index (χ3n) is 6.29. The maximum absolute atomic E-state index is 14.0. The van der Waals surface area contributed by atoms with Gasteiger partial charge >= 0.3 is 6.09 Å². The topological polar surface area (TPSA) is 112 Å². The molecule has 1 saturated carbocycles. The average Bonchev–Trinajstić information content (AvgIpc) is 2.76. The number of nitriles is 1. The molecule has 1 aliphatic rings. The molecule has 0 heterocycles. The Morgan fingerprint density at radius 2 is 1.68 bits per heavy atom. The van der Waals surface area contributed by atoms with Crippen molar-refractivity contribution in [3.05, 3.63) is 34.9 Å². The maximum atomic E-state index is 14.0. The Kier molecular flexibility index (Phi) is 11.0. The molecule has 37 heavy (non-hydrogen) atoms. The number of nitrogens with zero attached hydrogens (tertiary/aromatic N) is 2. The van der Waals surface area contributed by atoms with Gasteiger partial charge in [-0.2, -0.15) is 5.26 Å². The Morgan fingerprint density at radius 1 is 1.08 bits per heavy atom. The number of amides is 3. The van der Waals surface area contributed by atoms with Crippen molar-refractivity contribution < 1.29 is 19.1 Å². The molecule has 1 aromatic rings. The quantitative estimate of drug-likeness (QED) is 0.448. The molecule has 8 heteroatoms. The number of benzene rings is 1. The van der Waals surface area contributed by atoms with E-state index in [1.807, 2.05) is 45.9 Å². The van der Waals surface area contributed by atoms with Gasteiger partial charge in [0.25, 0.3) is 0 Å². The van der Waals surface area contributed by atoms with Gasteiger partial charge in [-0.1, -0.05) is 62.4 Å². The number of carbonyl (C=O) groups excluding carboxylic acids is 3. The highest BCUT2D eigenvalue weighted by molar-refractivity contribution is 5.92. The van der Waals surface area contributed by atoms with E-state index in [4.69, 9.17) is 4.74 Å². The van der Waals surface area contributed by atoms with Crippen LogP contribution in [0.2, 0.25) is 0 Å². The number of nitrogens with one attached hydrogen (secondary N) is 2. The van der Waals surface area contributed by atoms with E-state index in [1.54, 1.807) is 20.8 Å². The lowest BCUT2D eigenvalue weighted by Gasteiger charge is -2.35. The van der Waals surface area contributed by atoms with E-state index >= 15 is 0 Å². The molecular formula is C29H44N4O4. The first-order valence-electron chi connectivity index (χ1n) is 13.4. The van der Waals surface area contributed by atoms with Gasteiger partial charge in [0, 0.05) is 6.04 Å². The van der Waals surface area contributed by atoms with Crippen molar-refractivity contribution in [2.75, 3.05) is 6.54 Å². The number of aryl methyl sites for hydroxylation is 2. The summed E-state index contributed by atoms with van der Waals surface area (Å²) >= 11 is 0. The van der Waals surface area contributed by atoms with Crippen LogP contribution in [0.4, 0.5) is 4.79 Å². The van der Waals surface area contributed by atoms with E-state index in [1.165, 1.54) is 4.90 Å². The summed E-state index contributed by atoms with van der Waals surface area (Å²) in [6.07, 6.45) is 4.68. The maximum Gasteiger partial charge on any atom is 0.408 e. The molecule has 204 valence electrons. The molecule has 1 aliphatic carbocycles. The van der Waals surface area contributed by atoms with Crippen LogP contribution in [0.25, 0.3) is 0 Å². The lowest BCUT2D eigenvalue weighted by atomic mass is 9.93. The van der Waals surface area contributed by atoms with Crippen molar-refractivity contribution in [3.63, 3.8) is 0 Å². The summed E-state index contributed by atoms with van der Waals surface area (Å²) in [6, 6.07) is 5.94. The zero-order chi connectivity index (χ0) is 27.8. The number of ether oxygens (including phenoxy) is 1. The van der Waals surface area contributed by atoms with Crippen molar-refractivity contribution in [3.8, 4) is 6.07 Å². The first kappa shape index (κ1) is 30.1. The summed E-state index contributed by atoms with van der Waals surface area (Å²) in [5, 5.41) is 15.6. The first-order valence-corrected chi connectivity index (χ1v) is 13.4. The van der Waals surface area contributed by atoms with Crippen LogP contribution in [-0.4, -0.2) is 47.0 Å². The summed E-state index contributed by atoms with van der Waals surface area (Å²) in [5.74, 6) is -0.714. The summed E-state index contributed by atoms with van der Waals surface area (Å²) < 4.78 is 5.40. The van der Waals surface area contributed by atoms with E-state index in [2.05, 4.69) is 16.7 Å². The molecule has 2 N–H and O–H groups in total. The molecule has 8 nitrogen and oxygen atoms in total. The van der Waals surface area contributed by atoms with Crippen LogP contribution >= 0.6 is 0 Å². The van der Waals surface area contributed by atoms with Crippen molar-refractivity contribution in [2.24, 2.45) is 5.92 Å². The molecule has 2 unspecified atom stereocenters. The SMILES string of the molecule is Cc1cc(C)cc(C(C(=O)NC2CCCCC2)N(CC#N)C(=O)C(CC(C)C)NC(=O)OC(C)(C)C)c1. The number of carbonyl (C=O) groups is 3. The van der Waals surface area contributed by atoms with Crippen LogP contribution in [-0.2, 0) is 14.3 Å². The smallest absolute Gasteiger partial charge is 0.408 e. The van der Waals surface area contributed by atoms with Gasteiger partial charge < -0.3 is 20.3 Å². The lowest BCUT2D eigenvalue weighted by molar-refractivity contribution is -0.142. The van der Waals surface area contributed by atoms with Crippen LogP contribution < -0.4 is 10.6 Å². The second-order valence-electron chi connectivity index (χ2n) is 11.6. The zero-order valence-electron chi connectivity index (χ0n) is 23.5. The molecule has 2 atom stereocenters. The van der Waals surface area contributed by atoms with E-state index in [0.717, 1.165) is 43.2 Å². The minimum atomic E-state index is -0.997. The minimum absolute atomic E-state index is 0.0417. The van der Waals surface area contributed by atoms with E-state index in [-0.39, 0.29) is 24.4 Å². The number of hydrogen-bond donors (Lipinski definition) is 2. The van der Waals surface area contributed by atoms with Gasteiger partial charge in [0.15, 0.2) is 0 Å².